The van der Waals surface area contributed by atoms with Gasteiger partial charge in [-0.3, -0.25) is 9.69 Å². The van der Waals surface area contributed by atoms with E-state index >= 15 is 0 Å². The van der Waals surface area contributed by atoms with Crippen LogP contribution in [0.1, 0.15) is 21.5 Å². The van der Waals surface area contributed by atoms with Crippen LogP contribution in [-0.4, -0.2) is 36.5 Å². The first-order valence-corrected chi connectivity index (χ1v) is 10.1. The fourth-order valence-electron chi connectivity index (χ4n) is 3.74. The van der Waals surface area contributed by atoms with Gasteiger partial charge in [0.15, 0.2) is 0 Å². The Bertz CT molecular complexity index is 903. The van der Waals surface area contributed by atoms with Gasteiger partial charge >= 0.3 is 0 Å². The van der Waals surface area contributed by atoms with Crippen molar-refractivity contribution in [2.24, 2.45) is 0 Å². The average molecular weight is 386 g/mol. The number of fused-ring (bicyclic) bond motifs is 1. The second kappa shape index (κ2) is 9.39. The zero-order chi connectivity index (χ0) is 19.9. The fourth-order valence-corrected chi connectivity index (χ4v) is 3.74. The highest BCUT2D eigenvalue weighted by molar-refractivity contribution is 5.94. The second-order valence-electron chi connectivity index (χ2n) is 7.39. The van der Waals surface area contributed by atoms with Crippen molar-refractivity contribution in [3.8, 4) is 5.75 Å². The SMILES string of the molecule is O=C(NCCN(Cc1ccccc1)CC1Cc2ccccc2O1)c1ccccc1. The van der Waals surface area contributed by atoms with E-state index in [9.17, 15) is 4.79 Å². The van der Waals surface area contributed by atoms with Crippen molar-refractivity contribution in [3.05, 3.63) is 102 Å². The third kappa shape index (κ3) is 5.24. The van der Waals surface area contributed by atoms with Crippen molar-refractivity contribution >= 4 is 5.91 Å². The van der Waals surface area contributed by atoms with Crippen LogP contribution in [0.2, 0.25) is 0 Å². The molecule has 0 radical (unpaired) electrons. The van der Waals surface area contributed by atoms with Crippen LogP contribution < -0.4 is 10.1 Å². The average Bonchev–Trinajstić information content (AvgIpc) is 3.17. The van der Waals surface area contributed by atoms with Crippen LogP contribution >= 0.6 is 0 Å². The lowest BCUT2D eigenvalue weighted by Crippen LogP contribution is -2.39. The molecule has 4 nitrogen and oxygen atoms in total. The number of hydrogen-bond donors (Lipinski definition) is 1. The highest BCUT2D eigenvalue weighted by Crippen LogP contribution is 2.28. The molecular formula is C25H26N2O2. The number of nitrogens with zero attached hydrogens (tertiary/aromatic N) is 1. The summed E-state index contributed by atoms with van der Waals surface area (Å²) in [4.78, 5) is 14.7. The molecule has 0 bridgehead atoms. The normalized spacial score (nSPS) is 15.0. The Kier molecular flexibility index (Phi) is 6.22. The summed E-state index contributed by atoms with van der Waals surface area (Å²) in [6.07, 6.45) is 1.07. The molecule has 1 aliphatic heterocycles. The second-order valence-corrected chi connectivity index (χ2v) is 7.39. The van der Waals surface area contributed by atoms with Crippen molar-refractivity contribution in [1.29, 1.82) is 0 Å². The molecule has 1 aliphatic rings. The van der Waals surface area contributed by atoms with Gasteiger partial charge in [0.05, 0.1) is 0 Å². The molecule has 0 aromatic heterocycles. The zero-order valence-corrected chi connectivity index (χ0v) is 16.5. The topological polar surface area (TPSA) is 41.6 Å². The zero-order valence-electron chi connectivity index (χ0n) is 16.5. The lowest BCUT2D eigenvalue weighted by atomic mass is 10.1. The van der Waals surface area contributed by atoms with E-state index in [-0.39, 0.29) is 12.0 Å². The molecule has 0 spiro atoms. The summed E-state index contributed by atoms with van der Waals surface area (Å²) in [5.41, 5.74) is 3.23. The highest BCUT2D eigenvalue weighted by Gasteiger charge is 2.24. The van der Waals surface area contributed by atoms with Gasteiger partial charge in [-0.25, -0.2) is 0 Å². The minimum atomic E-state index is -0.0326. The van der Waals surface area contributed by atoms with Crippen molar-refractivity contribution in [1.82, 2.24) is 10.2 Å². The van der Waals surface area contributed by atoms with E-state index in [2.05, 4.69) is 46.6 Å². The third-order valence-electron chi connectivity index (χ3n) is 5.17. The lowest BCUT2D eigenvalue weighted by molar-refractivity contribution is 0.0941. The number of carbonyl (C=O) groups is 1. The molecule has 29 heavy (non-hydrogen) atoms. The highest BCUT2D eigenvalue weighted by atomic mass is 16.5. The maximum Gasteiger partial charge on any atom is 0.251 e. The van der Waals surface area contributed by atoms with Gasteiger partial charge in [0.25, 0.3) is 5.91 Å². The summed E-state index contributed by atoms with van der Waals surface area (Å²) >= 11 is 0. The molecule has 4 rings (SSSR count). The van der Waals surface area contributed by atoms with Gasteiger partial charge in [-0.2, -0.15) is 0 Å². The van der Waals surface area contributed by atoms with Crippen molar-refractivity contribution in [2.45, 2.75) is 19.1 Å². The summed E-state index contributed by atoms with van der Waals surface area (Å²) in [7, 11) is 0. The number of hydrogen-bond acceptors (Lipinski definition) is 3. The molecule has 0 fully saturated rings. The van der Waals surface area contributed by atoms with Crippen LogP contribution in [-0.2, 0) is 13.0 Å². The standard InChI is InChI=1S/C25H26N2O2/c28-25(21-11-5-2-6-12-21)26-15-16-27(18-20-9-3-1-4-10-20)19-23-17-22-13-7-8-14-24(22)29-23/h1-14,23H,15-19H2,(H,26,28). The smallest absolute Gasteiger partial charge is 0.251 e. The van der Waals surface area contributed by atoms with Crippen LogP contribution in [0.3, 0.4) is 0 Å². The maximum absolute atomic E-state index is 12.3. The number of para-hydroxylation sites is 1. The van der Waals surface area contributed by atoms with Gasteiger partial charge in [0, 0.05) is 38.2 Å². The molecule has 4 heteroatoms. The number of rotatable bonds is 8. The first-order valence-electron chi connectivity index (χ1n) is 10.1. The number of carbonyl (C=O) groups excluding carboxylic acids is 1. The summed E-state index contributed by atoms with van der Waals surface area (Å²) in [6, 6.07) is 28.0. The van der Waals surface area contributed by atoms with Crippen molar-refractivity contribution < 1.29 is 9.53 Å². The molecule has 148 valence electrons. The van der Waals surface area contributed by atoms with Gasteiger partial charge in [-0.15, -0.1) is 0 Å². The molecule has 3 aromatic rings. The predicted molar refractivity (Wildman–Crippen MR) is 115 cm³/mol. The number of benzene rings is 3. The maximum atomic E-state index is 12.3. The van der Waals surface area contributed by atoms with E-state index < -0.39 is 0 Å². The Morgan fingerprint density at radius 3 is 2.38 bits per heavy atom. The molecule has 1 heterocycles. The minimum Gasteiger partial charge on any atom is -0.488 e. The minimum absolute atomic E-state index is 0.0326. The summed E-state index contributed by atoms with van der Waals surface area (Å²) in [6.45, 7) is 3.02. The quantitative estimate of drug-likeness (QED) is 0.638. The first kappa shape index (κ1) is 19.2. The Hall–Kier alpha value is -3.11. The first-order chi connectivity index (χ1) is 14.3. The largest absolute Gasteiger partial charge is 0.488 e. The number of ether oxygens (including phenoxy) is 1. The van der Waals surface area contributed by atoms with Crippen LogP contribution in [0.4, 0.5) is 0 Å². The van der Waals surface area contributed by atoms with Crippen molar-refractivity contribution in [3.63, 3.8) is 0 Å². The molecule has 3 aromatic carbocycles. The molecule has 0 aliphatic carbocycles. The molecule has 1 atom stereocenters. The van der Waals surface area contributed by atoms with Crippen LogP contribution in [0.5, 0.6) is 5.75 Å². The Balaban J connectivity index is 1.35. The summed E-state index contributed by atoms with van der Waals surface area (Å²) in [5, 5.41) is 3.04. The van der Waals surface area contributed by atoms with E-state index in [4.69, 9.17) is 4.74 Å². The molecule has 1 N–H and O–H groups in total. The summed E-state index contributed by atoms with van der Waals surface area (Å²) in [5.74, 6) is 0.962. The number of nitrogens with one attached hydrogen (secondary N) is 1. The predicted octanol–water partition coefficient (Wildman–Crippen LogP) is 3.92. The van der Waals surface area contributed by atoms with E-state index in [0.717, 1.165) is 31.8 Å². The number of amides is 1. The Morgan fingerprint density at radius 2 is 1.62 bits per heavy atom. The van der Waals surface area contributed by atoms with Gasteiger partial charge in [0.1, 0.15) is 11.9 Å². The van der Waals surface area contributed by atoms with Crippen LogP contribution in [0.25, 0.3) is 0 Å². The monoisotopic (exact) mass is 386 g/mol. The van der Waals surface area contributed by atoms with Crippen LogP contribution in [0, 0.1) is 0 Å². The van der Waals surface area contributed by atoms with Gasteiger partial charge in [-0.05, 0) is 29.3 Å². The van der Waals surface area contributed by atoms with Gasteiger partial charge in [0.2, 0.25) is 0 Å². The molecular weight excluding hydrogens is 360 g/mol. The Morgan fingerprint density at radius 1 is 0.931 bits per heavy atom. The molecule has 0 saturated heterocycles. The van der Waals surface area contributed by atoms with Crippen molar-refractivity contribution in [2.75, 3.05) is 19.6 Å². The Labute approximate surface area is 172 Å². The third-order valence-corrected chi connectivity index (χ3v) is 5.17. The van der Waals surface area contributed by atoms with E-state index in [1.165, 1.54) is 11.1 Å². The van der Waals surface area contributed by atoms with E-state index in [1.807, 2.05) is 48.5 Å². The van der Waals surface area contributed by atoms with E-state index in [1.54, 1.807) is 0 Å². The van der Waals surface area contributed by atoms with Crippen LogP contribution in [0.15, 0.2) is 84.9 Å². The van der Waals surface area contributed by atoms with Gasteiger partial charge < -0.3 is 10.1 Å². The molecule has 0 saturated carbocycles. The lowest BCUT2D eigenvalue weighted by Gasteiger charge is -2.25. The molecule has 1 unspecified atom stereocenters. The van der Waals surface area contributed by atoms with E-state index in [0.29, 0.717) is 12.1 Å². The molecule has 1 amide bonds. The fraction of sp³-hybridized carbons (Fsp3) is 0.240. The van der Waals surface area contributed by atoms with Gasteiger partial charge in [-0.1, -0.05) is 66.7 Å². The summed E-state index contributed by atoms with van der Waals surface area (Å²) < 4.78 is 6.14.